The highest BCUT2D eigenvalue weighted by molar-refractivity contribution is 7.22. The molecule has 0 atom stereocenters. The predicted molar refractivity (Wildman–Crippen MR) is 137 cm³/mol. The molecule has 0 aliphatic rings. The zero-order valence-electron chi connectivity index (χ0n) is 19.2. The molecule has 4 aromatic rings. The summed E-state index contributed by atoms with van der Waals surface area (Å²) in [6, 6.07) is 13.4. The molecule has 9 heteroatoms. The maximum atomic E-state index is 14.3. The third-order valence-corrected chi connectivity index (χ3v) is 6.74. The van der Waals surface area contributed by atoms with E-state index in [9.17, 15) is 13.6 Å². The number of rotatable bonds is 8. The third kappa shape index (κ3) is 5.14. The zero-order chi connectivity index (χ0) is 23.5. The molecule has 3 aromatic carbocycles. The second kappa shape index (κ2) is 11.1. The molecule has 1 aromatic heterocycles. The third-order valence-electron chi connectivity index (χ3n) is 5.71. The number of benzene rings is 3. The van der Waals surface area contributed by atoms with Gasteiger partial charge < -0.3 is 9.64 Å². The average molecular weight is 506 g/mol. The van der Waals surface area contributed by atoms with Crippen molar-refractivity contribution in [1.82, 2.24) is 9.88 Å². The number of likely N-dealkylation sites (N-methyl/N-ethyl adjacent to an activating group) is 1. The Labute approximate surface area is 207 Å². The minimum absolute atomic E-state index is 0. The largest absolute Gasteiger partial charge is 0.496 e. The number of halogens is 3. The maximum absolute atomic E-state index is 14.3. The second-order valence-corrected chi connectivity index (χ2v) is 8.62. The maximum Gasteiger partial charge on any atom is 0.263 e. The number of thiazole rings is 1. The van der Waals surface area contributed by atoms with E-state index in [0.29, 0.717) is 34.2 Å². The average Bonchev–Trinajstić information content (AvgIpc) is 3.24. The van der Waals surface area contributed by atoms with Crippen LogP contribution in [0.5, 0.6) is 5.75 Å². The van der Waals surface area contributed by atoms with Crippen molar-refractivity contribution in [3.63, 3.8) is 0 Å². The fourth-order valence-electron chi connectivity index (χ4n) is 3.83. The number of carbonyl (C=O) groups excluding carboxylic acids is 1. The Morgan fingerprint density at radius 2 is 1.71 bits per heavy atom. The van der Waals surface area contributed by atoms with Crippen LogP contribution >= 0.6 is 23.7 Å². The summed E-state index contributed by atoms with van der Waals surface area (Å²) in [5.41, 5.74) is 0.448. The van der Waals surface area contributed by atoms with Crippen molar-refractivity contribution in [2.24, 2.45) is 0 Å². The van der Waals surface area contributed by atoms with Crippen LogP contribution in [0.3, 0.4) is 0 Å². The lowest BCUT2D eigenvalue weighted by Gasteiger charge is -2.25. The van der Waals surface area contributed by atoms with E-state index in [-0.39, 0.29) is 23.8 Å². The lowest BCUT2D eigenvalue weighted by molar-refractivity contribution is 0.0981. The lowest BCUT2D eigenvalue weighted by Crippen LogP contribution is -2.39. The standard InChI is InChI=1S/C25H25F2N3O2S.ClH/c1-4-29(5-2)10-11-30(25-28-23-20(27)14-18(26)15-22(23)33-25)24(31)19-12-16-8-6-7-9-17(16)13-21(19)32-3;/h6-9,12-15H,4-5,10-11H2,1-3H3;1H. The van der Waals surface area contributed by atoms with Crippen molar-refractivity contribution >= 4 is 55.8 Å². The highest BCUT2D eigenvalue weighted by Gasteiger charge is 2.26. The molecule has 0 bridgehead atoms. The van der Waals surface area contributed by atoms with Gasteiger partial charge in [0.05, 0.1) is 17.4 Å². The van der Waals surface area contributed by atoms with Crippen LogP contribution < -0.4 is 9.64 Å². The van der Waals surface area contributed by atoms with Crippen LogP contribution in [0.2, 0.25) is 0 Å². The molecule has 180 valence electrons. The van der Waals surface area contributed by atoms with E-state index in [4.69, 9.17) is 4.74 Å². The smallest absolute Gasteiger partial charge is 0.263 e. The van der Waals surface area contributed by atoms with Crippen LogP contribution in [0.25, 0.3) is 21.0 Å². The monoisotopic (exact) mass is 505 g/mol. The number of methoxy groups -OCH3 is 1. The number of hydrogen-bond donors (Lipinski definition) is 0. The molecular formula is C25H26ClF2N3O2S. The van der Waals surface area contributed by atoms with E-state index >= 15 is 0 Å². The first kappa shape index (κ1) is 25.8. The first-order valence-corrected chi connectivity index (χ1v) is 11.6. The van der Waals surface area contributed by atoms with Gasteiger partial charge in [-0.3, -0.25) is 9.69 Å². The van der Waals surface area contributed by atoms with Gasteiger partial charge >= 0.3 is 0 Å². The Morgan fingerprint density at radius 3 is 2.35 bits per heavy atom. The molecule has 5 nitrogen and oxygen atoms in total. The van der Waals surface area contributed by atoms with E-state index in [2.05, 4.69) is 23.7 Å². The van der Waals surface area contributed by atoms with Gasteiger partial charge in [-0.05, 0) is 42.1 Å². The van der Waals surface area contributed by atoms with Crippen molar-refractivity contribution in [2.75, 3.05) is 38.2 Å². The molecule has 0 aliphatic carbocycles. The Balaban J connectivity index is 0.00000324. The molecule has 34 heavy (non-hydrogen) atoms. The molecule has 0 spiro atoms. The van der Waals surface area contributed by atoms with Crippen molar-refractivity contribution < 1.29 is 18.3 Å². The summed E-state index contributed by atoms with van der Waals surface area (Å²) in [4.78, 5) is 21.9. The van der Waals surface area contributed by atoms with Gasteiger partial charge in [-0.25, -0.2) is 13.8 Å². The minimum atomic E-state index is -0.744. The number of anilines is 1. The molecule has 0 fully saturated rings. The van der Waals surface area contributed by atoms with Gasteiger partial charge in [-0.1, -0.05) is 49.4 Å². The van der Waals surface area contributed by atoms with Crippen LogP contribution in [0.4, 0.5) is 13.9 Å². The molecule has 4 rings (SSSR count). The first-order chi connectivity index (χ1) is 15.9. The number of fused-ring (bicyclic) bond motifs is 2. The van der Waals surface area contributed by atoms with Crippen LogP contribution in [-0.4, -0.2) is 49.1 Å². The van der Waals surface area contributed by atoms with Gasteiger partial charge in [-0.15, -0.1) is 12.4 Å². The fourth-order valence-corrected chi connectivity index (χ4v) is 4.86. The highest BCUT2D eigenvalue weighted by atomic mass is 35.5. The van der Waals surface area contributed by atoms with Crippen molar-refractivity contribution in [2.45, 2.75) is 13.8 Å². The predicted octanol–water partition coefficient (Wildman–Crippen LogP) is 6.15. The normalized spacial score (nSPS) is 11.1. The molecule has 1 amide bonds. The summed E-state index contributed by atoms with van der Waals surface area (Å²) in [6.07, 6.45) is 0. The van der Waals surface area contributed by atoms with Gasteiger partial charge in [0.2, 0.25) is 0 Å². The van der Waals surface area contributed by atoms with Crippen LogP contribution in [0.15, 0.2) is 48.5 Å². The molecule has 0 saturated carbocycles. The van der Waals surface area contributed by atoms with Gasteiger partial charge in [0.1, 0.15) is 17.1 Å². The molecular weight excluding hydrogens is 480 g/mol. The van der Waals surface area contributed by atoms with E-state index in [1.807, 2.05) is 30.3 Å². The van der Waals surface area contributed by atoms with E-state index in [0.717, 1.165) is 41.3 Å². The summed E-state index contributed by atoms with van der Waals surface area (Å²) in [7, 11) is 1.52. The number of aromatic nitrogens is 1. The first-order valence-electron chi connectivity index (χ1n) is 10.8. The SMILES string of the molecule is CCN(CC)CCN(C(=O)c1cc2ccccc2cc1OC)c1nc2c(F)cc(F)cc2s1.Cl. The van der Waals surface area contributed by atoms with Gasteiger partial charge in [0.15, 0.2) is 10.9 Å². The molecule has 0 saturated heterocycles. The van der Waals surface area contributed by atoms with E-state index < -0.39 is 11.6 Å². The number of ether oxygens (including phenoxy) is 1. The minimum Gasteiger partial charge on any atom is -0.496 e. The van der Waals surface area contributed by atoms with Crippen LogP contribution in [0, 0.1) is 11.6 Å². The second-order valence-electron chi connectivity index (χ2n) is 7.61. The summed E-state index contributed by atoms with van der Waals surface area (Å²) in [5.74, 6) is -1.27. The Hall–Kier alpha value is -2.81. The van der Waals surface area contributed by atoms with Gasteiger partial charge in [-0.2, -0.15) is 0 Å². The molecule has 0 N–H and O–H groups in total. The Morgan fingerprint density at radius 1 is 1.03 bits per heavy atom. The van der Waals surface area contributed by atoms with Crippen LogP contribution in [-0.2, 0) is 0 Å². The Kier molecular flexibility index (Phi) is 8.41. The number of amides is 1. The van der Waals surface area contributed by atoms with Gasteiger partial charge in [0.25, 0.3) is 5.91 Å². The Bertz CT molecular complexity index is 1310. The van der Waals surface area contributed by atoms with E-state index in [1.54, 1.807) is 6.07 Å². The number of hydrogen-bond acceptors (Lipinski definition) is 5. The summed E-state index contributed by atoms with van der Waals surface area (Å²) >= 11 is 1.10. The topological polar surface area (TPSA) is 45.7 Å². The summed E-state index contributed by atoms with van der Waals surface area (Å²) in [6.45, 7) is 6.73. The van der Waals surface area contributed by atoms with Crippen molar-refractivity contribution in [3.05, 3.63) is 65.7 Å². The lowest BCUT2D eigenvalue weighted by atomic mass is 10.0. The number of carbonyl (C=O) groups is 1. The highest BCUT2D eigenvalue weighted by Crippen LogP contribution is 2.34. The van der Waals surface area contributed by atoms with E-state index in [1.165, 1.54) is 18.1 Å². The summed E-state index contributed by atoms with van der Waals surface area (Å²) in [5, 5.41) is 2.18. The van der Waals surface area contributed by atoms with Crippen molar-refractivity contribution in [3.8, 4) is 5.75 Å². The van der Waals surface area contributed by atoms with Gasteiger partial charge in [0, 0.05) is 19.2 Å². The molecule has 0 unspecified atom stereocenters. The molecule has 0 radical (unpaired) electrons. The molecule has 0 aliphatic heterocycles. The zero-order valence-corrected chi connectivity index (χ0v) is 20.8. The quantitative estimate of drug-likeness (QED) is 0.288. The fraction of sp³-hybridized carbons (Fsp3) is 0.280. The number of nitrogens with zero attached hydrogens (tertiary/aromatic N) is 3. The van der Waals surface area contributed by atoms with Crippen LogP contribution in [0.1, 0.15) is 24.2 Å². The summed E-state index contributed by atoms with van der Waals surface area (Å²) < 4.78 is 34.0. The molecule has 1 heterocycles. The van der Waals surface area contributed by atoms with Crippen molar-refractivity contribution in [1.29, 1.82) is 0 Å².